The van der Waals surface area contributed by atoms with Crippen LogP contribution in [0.1, 0.15) is 45.4 Å². The first kappa shape index (κ1) is 18.7. The monoisotopic (exact) mass is 334 g/mol. The van der Waals surface area contributed by atoms with Gasteiger partial charge in [0.15, 0.2) is 0 Å². The summed E-state index contributed by atoms with van der Waals surface area (Å²) in [5, 5.41) is 8.64. The molecule has 1 atom stereocenters. The summed E-state index contributed by atoms with van der Waals surface area (Å²) >= 11 is 0. The van der Waals surface area contributed by atoms with Gasteiger partial charge in [-0.25, -0.2) is 0 Å². The van der Waals surface area contributed by atoms with Gasteiger partial charge in [0.05, 0.1) is 18.5 Å². The molecule has 0 spiro atoms. The number of carbonyl (C=O) groups excluding carboxylic acids is 2. The topological polar surface area (TPSA) is 67.7 Å². The van der Waals surface area contributed by atoms with Crippen molar-refractivity contribution in [3.05, 3.63) is 0 Å². The van der Waals surface area contributed by atoms with Gasteiger partial charge in [-0.3, -0.25) is 14.5 Å². The van der Waals surface area contributed by atoms with Gasteiger partial charge in [0.25, 0.3) is 0 Å². The first-order chi connectivity index (χ1) is 11.5. The smallest absolute Gasteiger partial charge is 0.239 e. The molecule has 0 bridgehead atoms. The van der Waals surface area contributed by atoms with Crippen LogP contribution in [0, 0.1) is 17.2 Å². The van der Waals surface area contributed by atoms with E-state index in [0.717, 1.165) is 39.0 Å². The lowest BCUT2D eigenvalue weighted by Gasteiger charge is -2.39. The molecule has 2 aliphatic rings. The Kier molecular flexibility index (Phi) is 7.04. The molecule has 24 heavy (non-hydrogen) atoms. The second-order valence-corrected chi connectivity index (χ2v) is 7.04. The Hall–Kier alpha value is -1.61. The highest BCUT2D eigenvalue weighted by Crippen LogP contribution is 2.26. The van der Waals surface area contributed by atoms with Gasteiger partial charge in [-0.05, 0) is 19.8 Å². The van der Waals surface area contributed by atoms with Gasteiger partial charge in [-0.2, -0.15) is 5.26 Å². The van der Waals surface area contributed by atoms with Crippen LogP contribution in [0.2, 0.25) is 0 Å². The van der Waals surface area contributed by atoms with E-state index >= 15 is 0 Å². The fourth-order valence-corrected chi connectivity index (χ4v) is 3.74. The average Bonchev–Trinajstić information content (AvgIpc) is 2.65. The number of piperazine rings is 1. The molecule has 1 heterocycles. The zero-order chi connectivity index (χ0) is 17.5. The van der Waals surface area contributed by atoms with E-state index in [9.17, 15) is 9.59 Å². The van der Waals surface area contributed by atoms with Crippen molar-refractivity contribution in [3.8, 4) is 6.07 Å². The summed E-state index contributed by atoms with van der Waals surface area (Å²) < 4.78 is 0. The third-order valence-corrected chi connectivity index (χ3v) is 5.42. The van der Waals surface area contributed by atoms with Crippen molar-refractivity contribution in [2.45, 2.75) is 51.5 Å². The Morgan fingerprint density at radius 3 is 2.38 bits per heavy atom. The van der Waals surface area contributed by atoms with Crippen LogP contribution in [-0.2, 0) is 9.59 Å². The first-order valence-electron chi connectivity index (χ1n) is 9.19. The Bertz CT molecular complexity index is 474. The van der Waals surface area contributed by atoms with Gasteiger partial charge < -0.3 is 9.80 Å². The largest absolute Gasteiger partial charge is 0.343 e. The molecule has 1 aliphatic carbocycles. The van der Waals surface area contributed by atoms with Gasteiger partial charge in [-0.1, -0.05) is 19.3 Å². The number of hydrogen-bond acceptors (Lipinski definition) is 4. The maximum atomic E-state index is 12.6. The van der Waals surface area contributed by atoms with Gasteiger partial charge in [0, 0.05) is 45.7 Å². The summed E-state index contributed by atoms with van der Waals surface area (Å²) in [6.07, 6.45) is 6.05. The van der Waals surface area contributed by atoms with E-state index in [1.807, 2.05) is 11.8 Å². The zero-order valence-corrected chi connectivity index (χ0v) is 15.0. The van der Waals surface area contributed by atoms with Crippen LogP contribution in [0.5, 0.6) is 0 Å². The minimum Gasteiger partial charge on any atom is -0.343 e. The molecule has 1 unspecified atom stereocenters. The lowest BCUT2D eigenvalue weighted by molar-refractivity contribution is -0.140. The fourth-order valence-electron chi connectivity index (χ4n) is 3.74. The van der Waals surface area contributed by atoms with Gasteiger partial charge in [-0.15, -0.1) is 0 Å². The predicted molar refractivity (Wildman–Crippen MR) is 92.1 cm³/mol. The van der Waals surface area contributed by atoms with Crippen molar-refractivity contribution in [2.24, 2.45) is 5.92 Å². The van der Waals surface area contributed by atoms with E-state index in [2.05, 4.69) is 11.0 Å². The number of amides is 2. The van der Waals surface area contributed by atoms with Crippen LogP contribution in [0.4, 0.5) is 0 Å². The van der Waals surface area contributed by atoms with E-state index in [4.69, 9.17) is 5.26 Å². The number of nitrogens with zero attached hydrogens (tertiary/aromatic N) is 4. The second kappa shape index (κ2) is 9.03. The van der Waals surface area contributed by atoms with E-state index < -0.39 is 0 Å². The number of rotatable bonds is 5. The zero-order valence-electron chi connectivity index (χ0n) is 15.0. The maximum Gasteiger partial charge on any atom is 0.239 e. The highest BCUT2D eigenvalue weighted by molar-refractivity contribution is 5.81. The molecule has 0 aromatic carbocycles. The molecule has 2 amide bonds. The SMILES string of the molecule is CC(C(=O)N(C)CCC#N)N1CCN(C(=O)C2CCCCC2)CC1. The van der Waals surface area contributed by atoms with Crippen LogP contribution in [0.15, 0.2) is 0 Å². The van der Waals surface area contributed by atoms with E-state index in [1.54, 1.807) is 11.9 Å². The lowest BCUT2D eigenvalue weighted by Crippen LogP contribution is -2.56. The molecule has 2 rings (SSSR count). The molecule has 0 N–H and O–H groups in total. The van der Waals surface area contributed by atoms with Crippen LogP contribution in [0.3, 0.4) is 0 Å². The number of nitriles is 1. The van der Waals surface area contributed by atoms with Crippen molar-refractivity contribution in [1.29, 1.82) is 5.26 Å². The van der Waals surface area contributed by atoms with Crippen LogP contribution in [0.25, 0.3) is 0 Å². The Balaban J connectivity index is 1.80. The molecule has 0 radical (unpaired) electrons. The van der Waals surface area contributed by atoms with E-state index in [1.165, 1.54) is 19.3 Å². The molecule has 0 aromatic heterocycles. The molecule has 1 saturated heterocycles. The quantitative estimate of drug-likeness (QED) is 0.763. The third-order valence-electron chi connectivity index (χ3n) is 5.42. The summed E-state index contributed by atoms with van der Waals surface area (Å²) in [4.78, 5) is 30.8. The molecule has 6 nitrogen and oxygen atoms in total. The van der Waals surface area contributed by atoms with Crippen LogP contribution in [-0.4, -0.2) is 72.3 Å². The maximum absolute atomic E-state index is 12.6. The lowest BCUT2D eigenvalue weighted by atomic mass is 9.88. The Morgan fingerprint density at radius 1 is 1.17 bits per heavy atom. The molecule has 1 saturated carbocycles. The van der Waals surface area contributed by atoms with Gasteiger partial charge >= 0.3 is 0 Å². The van der Waals surface area contributed by atoms with Crippen molar-refractivity contribution >= 4 is 11.8 Å². The summed E-state index contributed by atoms with van der Waals surface area (Å²) in [6.45, 7) is 5.32. The van der Waals surface area contributed by atoms with Gasteiger partial charge in [0.2, 0.25) is 11.8 Å². The summed E-state index contributed by atoms with van der Waals surface area (Å²) in [5.74, 6) is 0.596. The Labute approximate surface area is 145 Å². The summed E-state index contributed by atoms with van der Waals surface area (Å²) in [6, 6.07) is 1.88. The predicted octanol–water partition coefficient (Wildman–Crippen LogP) is 1.47. The number of hydrogen-bond donors (Lipinski definition) is 0. The molecule has 6 heteroatoms. The molecule has 134 valence electrons. The molecular formula is C18H30N4O2. The van der Waals surface area contributed by atoms with Crippen LogP contribution < -0.4 is 0 Å². The van der Waals surface area contributed by atoms with E-state index in [-0.39, 0.29) is 17.9 Å². The standard InChI is InChI=1S/C18H30N4O2/c1-15(17(23)20(2)10-6-9-19)21-11-13-22(14-12-21)18(24)16-7-4-3-5-8-16/h15-16H,3-8,10-14H2,1-2H3. The third kappa shape index (κ3) is 4.70. The van der Waals surface area contributed by atoms with Crippen LogP contribution >= 0.6 is 0 Å². The van der Waals surface area contributed by atoms with Crippen molar-refractivity contribution < 1.29 is 9.59 Å². The second-order valence-electron chi connectivity index (χ2n) is 7.04. The number of likely N-dealkylation sites (N-methyl/N-ethyl adjacent to an activating group) is 1. The van der Waals surface area contributed by atoms with Crippen molar-refractivity contribution in [2.75, 3.05) is 39.8 Å². The van der Waals surface area contributed by atoms with E-state index in [0.29, 0.717) is 18.9 Å². The Morgan fingerprint density at radius 2 is 1.79 bits per heavy atom. The number of carbonyl (C=O) groups is 2. The molecular weight excluding hydrogens is 304 g/mol. The first-order valence-corrected chi connectivity index (χ1v) is 9.19. The minimum absolute atomic E-state index is 0.0531. The van der Waals surface area contributed by atoms with Crippen molar-refractivity contribution in [1.82, 2.24) is 14.7 Å². The minimum atomic E-state index is -0.194. The summed E-state index contributed by atoms with van der Waals surface area (Å²) in [5.41, 5.74) is 0. The normalized spacial score (nSPS) is 21.1. The van der Waals surface area contributed by atoms with Gasteiger partial charge in [0.1, 0.15) is 0 Å². The summed E-state index contributed by atoms with van der Waals surface area (Å²) in [7, 11) is 1.75. The molecule has 0 aromatic rings. The fraction of sp³-hybridized carbons (Fsp3) is 0.833. The highest BCUT2D eigenvalue weighted by atomic mass is 16.2. The molecule has 1 aliphatic heterocycles. The highest BCUT2D eigenvalue weighted by Gasteiger charge is 2.31. The molecule has 2 fully saturated rings. The average molecular weight is 334 g/mol. The van der Waals surface area contributed by atoms with Crippen molar-refractivity contribution in [3.63, 3.8) is 0 Å².